The van der Waals surface area contributed by atoms with E-state index in [-0.39, 0.29) is 36.6 Å². The maximum Gasteiger partial charge on any atom is 0.242 e. The fraction of sp³-hybridized carbons (Fsp3) is 0.579. The van der Waals surface area contributed by atoms with Gasteiger partial charge in [0.1, 0.15) is 6.04 Å². The van der Waals surface area contributed by atoms with Gasteiger partial charge in [-0.05, 0) is 24.3 Å². The van der Waals surface area contributed by atoms with Gasteiger partial charge in [-0.2, -0.15) is 0 Å². The number of benzene rings is 1. The quantitative estimate of drug-likeness (QED) is 0.679. The van der Waals surface area contributed by atoms with Gasteiger partial charge in [-0.3, -0.25) is 9.59 Å². The van der Waals surface area contributed by atoms with Gasteiger partial charge in [0.2, 0.25) is 11.8 Å². The molecule has 5 heteroatoms. The van der Waals surface area contributed by atoms with E-state index in [0.29, 0.717) is 0 Å². The van der Waals surface area contributed by atoms with Gasteiger partial charge in [0.25, 0.3) is 0 Å². The number of rotatable bonds is 8. The highest BCUT2D eigenvalue weighted by molar-refractivity contribution is 5.88. The lowest BCUT2D eigenvalue weighted by Crippen LogP contribution is -2.53. The first-order valence-corrected chi connectivity index (χ1v) is 8.47. The van der Waals surface area contributed by atoms with Crippen molar-refractivity contribution in [1.29, 1.82) is 0 Å². The molecule has 0 spiro atoms. The summed E-state index contributed by atoms with van der Waals surface area (Å²) < 4.78 is 0. The Kier molecular flexibility index (Phi) is 7.42. The molecule has 0 aromatic heterocycles. The fourth-order valence-electron chi connectivity index (χ4n) is 2.12. The van der Waals surface area contributed by atoms with Gasteiger partial charge in [-0.15, -0.1) is 0 Å². The van der Waals surface area contributed by atoms with Crippen LogP contribution in [-0.4, -0.2) is 35.1 Å². The van der Waals surface area contributed by atoms with Crippen molar-refractivity contribution in [1.82, 2.24) is 10.6 Å². The van der Waals surface area contributed by atoms with Crippen LogP contribution in [0.25, 0.3) is 0 Å². The third-order valence-corrected chi connectivity index (χ3v) is 4.34. The number of carbonyl (C=O) groups excluding carboxylic acids is 2. The van der Waals surface area contributed by atoms with Gasteiger partial charge < -0.3 is 15.7 Å². The smallest absolute Gasteiger partial charge is 0.242 e. The van der Waals surface area contributed by atoms with Crippen LogP contribution in [0.3, 0.4) is 0 Å². The molecule has 5 nitrogen and oxygen atoms in total. The minimum Gasteiger partial charge on any atom is -0.388 e. The molecule has 2 amide bonds. The van der Waals surface area contributed by atoms with Gasteiger partial charge >= 0.3 is 0 Å². The molecule has 0 fully saturated rings. The van der Waals surface area contributed by atoms with Crippen molar-refractivity contribution in [3.8, 4) is 0 Å². The van der Waals surface area contributed by atoms with Crippen molar-refractivity contribution in [2.75, 3.05) is 6.54 Å². The Bertz CT molecular complexity index is 539. The minimum atomic E-state index is -0.981. The van der Waals surface area contributed by atoms with Crippen LogP contribution in [0.15, 0.2) is 30.3 Å². The van der Waals surface area contributed by atoms with Crippen molar-refractivity contribution in [2.24, 2.45) is 11.8 Å². The Labute approximate surface area is 144 Å². The van der Waals surface area contributed by atoms with Gasteiger partial charge in [0.05, 0.1) is 12.0 Å². The average molecular weight is 334 g/mol. The molecule has 1 aromatic rings. The van der Waals surface area contributed by atoms with E-state index in [1.807, 2.05) is 58.0 Å². The molecular weight excluding hydrogens is 304 g/mol. The summed E-state index contributed by atoms with van der Waals surface area (Å²) in [5.74, 6) is -0.491. The molecule has 3 N–H and O–H groups in total. The second-order valence-electron chi connectivity index (χ2n) is 7.18. The fourth-order valence-corrected chi connectivity index (χ4v) is 2.12. The maximum absolute atomic E-state index is 12.4. The number of hydrogen-bond acceptors (Lipinski definition) is 3. The molecule has 0 saturated carbocycles. The molecule has 0 aliphatic rings. The largest absolute Gasteiger partial charge is 0.388 e. The van der Waals surface area contributed by atoms with E-state index in [0.717, 1.165) is 5.56 Å². The van der Waals surface area contributed by atoms with Crippen LogP contribution in [0, 0.1) is 11.8 Å². The molecule has 0 bridgehead atoms. The van der Waals surface area contributed by atoms with E-state index in [1.54, 1.807) is 6.92 Å². The standard InChI is InChI=1S/C19H30N2O3/c1-13(2)17(18(23)20-12-19(5,24)14(3)4)21-16(22)11-15-9-7-6-8-10-15/h6-10,13-14,17,24H,11-12H2,1-5H3,(H,20,23)(H,21,22). The molecule has 1 rings (SSSR count). The Balaban J connectivity index is 2.63. The van der Waals surface area contributed by atoms with E-state index < -0.39 is 11.6 Å². The monoisotopic (exact) mass is 334 g/mol. The first kappa shape index (κ1) is 20.2. The molecule has 0 heterocycles. The van der Waals surface area contributed by atoms with Gasteiger partial charge in [-0.25, -0.2) is 0 Å². The summed E-state index contributed by atoms with van der Waals surface area (Å²) in [5.41, 5.74) is -0.0775. The highest BCUT2D eigenvalue weighted by Crippen LogP contribution is 2.14. The van der Waals surface area contributed by atoms with E-state index in [9.17, 15) is 14.7 Å². The van der Waals surface area contributed by atoms with Crippen molar-refractivity contribution < 1.29 is 14.7 Å². The van der Waals surface area contributed by atoms with Crippen molar-refractivity contribution >= 4 is 11.8 Å². The summed E-state index contributed by atoms with van der Waals surface area (Å²) in [6.45, 7) is 9.40. The molecular formula is C19H30N2O3. The van der Waals surface area contributed by atoms with E-state index in [2.05, 4.69) is 10.6 Å². The lowest BCUT2D eigenvalue weighted by atomic mass is 9.92. The zero-order chi connectivity index (χ0) is 18.3. The van der Waals surface area contributed by atoms with Crippen LogP contribution in [0.5, 0.6) is 0 Å². The molecule has 0 aliphatic carbocycles. The van der Waals surface area contributed by atoms with Crippen LogP contribution in [0.4, 0.5) is 0 Å². The first-order valence-electron chi connectivity index (χ1n) is 8.47. The number of carbonyl (C=O) groups is 2. The molecule has 0 aliphatic heterocycles. The van der Waals surface area contributed by atoms with E-state index in [1.165, 1.54) is 0 Å². The lowest BCUT2D eigenvalue weighted by molar-refractivity contribution is -0.130. The lowest BCUT2D eigenvalue weighted by Gasteiger charge is -2.29. The number of amides is 2. The van der Waals surface area contributed by atoms with Crippen molar-refractivity contribution in [2.45, 2.75) is 52.7 Å². The molecule has 2 atom stereocenters. The maximum atomic E-state index is 12.4. The Morgan fingerprint density at radius 3 is 2.21 bits per heavy atom. The predicted octanol–water partition coefficient (Wildman–Crippen LogP) is 1.89. The van der Waals surface area contributed by atoms with Crippen LogP contribution in [0.2, 0.25) is 0 Å². The number of aliphatic hydroxyl groups is 1. The normalized spacial score (nSPS) is 15.0. The summed E-state index contributed by atoms with van der Waals surface area (Å²) in [4.78, 5) is 24.6. The summed E-state index contributed by atoms with van der Waals surface area (Å²) in [6, 6.07) is 8.79. The second-order valence-corrected chi connectivity index (χ2v) is 7.18. The molecule has 2 unspecified atom stereocenters. The van der Waals surface area contributed by atoms with Crippen LogP contribution in [0.1, 0.15) is 40.2 Å². The first-order chi connectivity index (χ1) is 11.1. The van der Waals surface area contributed by atoms with Crippen LogP contribution in [-0.2, 0) is 16.0 Å². The van der Waals surface area contributed by atoms with E-state index >= 15 is 0 Å². The third-order valence-electron chi connectivity index (χ3n) is 4.34. The van der Waals surface area contributed by atoms with Gasteiger partial charge in [-0.1, -0.05) is 58.0 Å². The Hall–Kier alpha value is -1.88. The molecule has 0 radical (unpaired) electrons. The SMILES string of the molecule is CC(C)C(NC(=O)Cc1ccccc1)C(=O)NCC(C)(O)C(C)C. The Morgan fingerprint density at radius 1 is 1.12 bits per heavy atom. The average Bonchev–Trinajstić information content (AvgIpc) is 2.51. The molecule has 0 saturated heterocycles. The zero-order valence-electron chi connectivity index (χ0n) is 15.3. The predicted molar refractivity (Wildman–Crippen MR) is 95.4 cm³/mol. The van der Waals surface area contributed by atoms with Gasteiger partial charge in [0.15, 0.2) is 0 Å². The van der Waals surface area contributed by atoms with Crippen LogP contribution >= 0.6 is 0 Å². The molecule has 134 valence electrons. The second kappa shape index (κ2) is 8.83. The Morgan fingerprint density at radius 2 is 1.71 bits per heavy atom. The third kappa shape index (κ3) is 6.32. The number of nitrogens with one attached hydrogen (secondary N) is 2. The highest BCUT2D eigenvalue weighted by Gasteiger charge is 2.29. The molecule has 24 heavy (non-hydrogen) atoms. The van der Waals surface area contributed by atoms with E-state index in [4.69, 9.17) is 0 Å². The number of hydrogen-bond donors (Lipinski definition) is 3. The minimum absolute atomic E-state index is 0.0166. The van der Waals surface area contributed by atoms with Gasteiger partial charge in [0, 0.05) is 6.54 Å². The van der Waals surface area contributed by atoms with Crippen molar-refractivity contribution in [3.05, 3.63) is 35.9 Å². The van der Waals surface area contributed by atoms with Crippen molar-refractivity contribution in [3.63, 3.8) is 0 Å². The molecule has 1 aromatic carbocycles. The summed E-state index contributed by atoms with van der Waals surface area (Å²) in [6.07, 6.45) is 0.237. The zero-order valence-corrected chi connectivity index (χ0v) is 15.3. The summed E-state index contributed by atoms with van der Waals surface area (Å²) in [5, 5.41) is 15.8. The summed E-state index contributed by atoms with van der Waals surface area (Å²) >= 11 is 0. The van der Waals surface area contributed by atoms with Crippen LogP contribution < -0.4 is 10.6 Å². The highest BCUT2D eigenvalue weighted by atomic mass is 16.3. The summed E-state index contributed by atoms with van der Waals surface area (Å²) in [7, 11) is 0. The topological polar surface area (TPSA) is 78.4 Å².